The molecule has 1 aliphatic heterocycles. The lowest BCUT2D eigenvalue weighted by Crippen LogP contribution is -2.37. The second-order valence-corrected chi connectivity index (χ2v) is 3.17. The van der Waals surface area contributed by atoms with Crippen LogP contribution in [0.1, 0.15) is 12.8 Å². The molecule has 6 heteroatoms. The summed E-state index contributed by atoms with van der Waals surface area (Å²) >= 11 is 0. The summed E-state index contributed by atoms with van der Waals surface area (Å²) in [5.74, 6) is 0. The Labute approximate surface area is 76.3 Å². The predicted octanol–water partition coefficient (Wildman–Crippen LogP) is -0.659. The van der Waals surface area contributed by atoms with Crippen molar-refractivity contribution in [3.63, 3.8) is 0 Å². The van der Waals surface area contributed by atoms with E-state index in [0.29, 0.717) is 6.01 Å². The van der Waals surface area contributed by atoms with Gasteiger partial charge in [-0.3, -0.25) is 0 Å². The third kappa shape index (κ3) is 1.95. The minimum Gasteiger partial charge on any atom is -0.458 e. The third-order valence-electron chi connectivity index (χ3n) is 2.11. The van der Waals surface area contributed by atoms with Crippen LogP contribution in [0.3, 0.4) is 0 Å². The summed E-state index contributed by atoms with van der Waals surface area (Å²) in [5.41, 5.74) is 0. The van der Waals surface area contributed by atoms with Gasteiger partial charge in [-0.15, -0.1) is 0 Å². The number of piperidine rings is 1. The van der Waals surface area contributed by atoms with Crippen LogP contribution in [0.15, 0.2) is 0 Å². The zero-order valence-electron chi connectivity index (χ0n) is 7.60. The van der Waals surface area contributed by atoms with Crippen LogP contribution in [0.5, 0.6) is 6.01 Å². The third-order valence-corrected chi connectivity index (χ3v) is 2.11. The lowest BCUT2D eigenvalue weighted by molar-refractivity contribution is 0.147. The Morgan fingerprint density at radius 3 is 3.15 bits per heavy atom. The van der Waals surface area contributed by atoms with Gasteiger partial charge in [0.2, 0.25) is 0 Å². The number of aromatic nitrogens is 4. The van der Waals surface area contributed by atoms with Crippen molar-refractivity contribution in [1.82, 2.24) is 25.5 Å². The molecule has 0 bridgehead atoms. The summed E-state index contributed by atoms with van der Waals surface area (Å²) in [4.78, 5) is 0. The number of rotatable bonds is 2. The van der Waals surface area contributed by atoms with Gasteiger partial charge in [-0.1, -0.05) is 5.10 Å². The van der Waals surface area contributed by atoms with E-state index in [-0.39, 0.29) is 6.10 Å². The molecule has 72 valence electrons. The van der Waals surface area contributed by atoms with E-state index in [2.05, 4.69) is 20.8 Å². The highest BCUT2D eigenvalue weighted by atomic mass is 16.5. The zero-order valence-corrected chi connectivity index (χ0v) is 7.60. The van der Waals surface area contributed by atoms with Gasteiger partial charge < -0.3 is 10.1 Å². The number of hydrogen-bond acceptors (Lipinski definition) is 5. The maximum atomic E-state index is 5.59. The second-order valence-electron chi connectivity index (χ2n) is 3.17. The zero-order chi connectivity index (χ0) is 9.10. The Balaban J connectivity index is 1.93. The Morgan fingerprint density at radius 1 is 1.62 bits per heavy atom. The van der Waals surface area contributed by atoms with Crippen LogP contribution in [0.25, 0.3) is 0 Å². The molecule has 1 saturated heterocycles. The van der Waals surface area contributed by atoms with Crippen LogP contribution >= 0.6 is 0 Å². The largest absolute Gasteiger partial charge is 0.458 e. The van der Waals surface area contributed by atoms with Crippen LogP contribution < -0.4 is 10.1 Å². The Morgan fingerprint density at radius 2 is 2.54 bits per heavy atom. The number of tetrazole rings is 1. The van der Waals surface area contributed by atoms with E-state index < -0.39 is 0 Å². The SMILES string of the molecule is Cn1nnnc1O[C@H]1CCCNC1. The van der Waals surface area contributed by atoms with Crippen LogP contribution in [0.2, 0.25) is 0 Å². The van der Waals surface area contributed by atoms with Crippen LogP contribution in [0, 0.1) is 0 Å². The van der Waals surface area contributed by atoms with Gasteiger partial charge in [0.15, 0.2) is 0 Å². The summed E-state index contributed by atoms with van der Waals surface area (Å²) in [6.45, 7) is 1.96. The van der Waals surface area contributed by atoms with Gasteiger partial charge >= 0.3 is 6.01 Å². The Hall–Kier alpha value is -1.17. The molecule has 1 fully saturated rings. The molecule has 1 atom stereocenters. The summed E-state index contributed by atoms with van der Waals surface area (Å²) in [5, 5.41) is 14.2. The molecule has 2 heterocycles. The lowest BCUT2D eigenvalue weighted by atomic mass is 10.1. The molecule has 2 rings (SSSR count). The van der Waals surface area contributed by atoms with Crippen molar-refractivity contribution in [1.29, 1.82) is 0 Å². The molecule has 0 aromatic carbocycles. The smallest absolute Gasteiger partial charge is 0.335 e. The number of nitrogens with one attached hydrogen (secondary N) is 1. The predicted molar refractivity (Wildman–Crippen MR) is 45.3 cm³/mol. The van der Waals surface area contributed by atoms with Crippen molar-refractivity contribution in [3.05, 3.63) is 0 Å². The monoisotopic (exact) mass is 183 g/mol. The van der Waals surface area contributed by atoms with E-state index in [1.54, 1.807) is 7.05 Å². The van der Waals surface area contributed by atoms with Gasteiger partial charge in [-0.2, -0.15) is 4.68 Å². The first-order valence-electron chi connectivity index (χ1n) is 4.46. The maximum absolute atomic E-state index is 5.59. The summed E-state index contributed by atoms with van der Waals surface area (Å²) in [7, 11) is 1.77. The molecular formula is C7H13N5O. The molecule has 0 amide bonds. The van der Waals surface area contributed by atoms with E-state index in [1.807, 2.05) is 0 Å². The fourth-order valence-corrected chi connectivity index (χ4v) is 1.39. The summed E-state index contributed by atoms with van der Waals surface area (Å²) in [6, 6.07) is 0.494. The number of ether oxygens (including phenoxy) is 1. The Bertz CT molecular complexity index is 268. The van der Waals surface area contributed by atoms with Crippen molar-refractivity contribution >= 4 is 0 Å². The molecular weight excluding hydrogens is 170 g/mol. The average Bonchev–Trinajstić information content (AvgIpc) is 2.54. The quantitative estimate of drug-likeness (QED) is 0.659. The fourth-order valence-electron chi connectivity index (χ4n) is 1.39. The molecule has 1 aliphatic rings. The van der Waals surface area contributed by atoms with Gasteiger partial charge in [0.05, 0.1) is 0 Å². The van der Waals surface area contributed by atoms with Crippen molar-refractivity contribution in [2.75, 3.05) is 13.1 Å². The van der Waals surface area contributed by atoms with Crippen molar-refractivity contribution in [2.24, 2.45) is 7.05 Å². The lowest BCUT2D eigenvalue weighted by Gasteiger charge is -2.22. The molecule has 0 unspecified atom stereocenters. The van der Waals surface area contributed by atoms with E-state index in [4.69, 9.17) is 4.74 Å². The van der Waals surface area contributed by atoms with Crippen molar-refractivity contribution < 1.29 is 4.74 Å². The molecule has 13 heavy (non-hydrogen) atoms. The molecule has 1 N–H and O–H groups in total. The molecule has 0 radical (unpaired) electrons. The molecule has 0 spiro atoms. The standard InChI is InChI=1S/C7H13N5O/c1-12-7(9-10-11-12)13-6-3-2-4-8-5-6/h6,8H,2-5H2,1H3/t6-/m0/s1. The van der Waals surface area contributed by atoms with Crippen molar-refractivity contribution in [2.45, 2.75) is 18.9 Å². The number of nitrogens with zero attached hydrogens (tertiary/aromatic N) is 4. The number of aryl methyl sites for hydroxylation is 1. The summed E-state index contributed by atoms with van der Waals surface area (Å²) < 4.78 is 7.13. The van der Waals surface area contributed by atoms with Gasteiger partial charge in [0.1, 0.15) is 6.10 Å². The molecule has 1 aromatic rings. The van der Waals surface area contributed by atoms with Gasteiger partial charge in [-0.25, -0.2) is 0 Å². The van der Waals surface area contributed by atoms with Crippen molar-refractivity contribution in [3.8, 4) is 6.01 Å². The molecule has 1 aromatic heterocycles. The van der Waals surface area contributed by atoms with Crippen LogP contribution in [0.4, 0.5) is 0 Å². The maximum Gasteiger partial charge on any atom is 0.335 e. The average molecular weight is 183 g/mol. The first kappa shape index (κ1) is 8.43. The highest BCUT2D eigenvalue weighted by Crippen LogP contribution is 2.09. The van der Waals surface area contributed by atoms with E-state index in [1.165, 1.54) is 4.68 Å². The fraction of sp³-hybridized carbons (Fsp3) is 0.857. The minimum atomic E-state index is 0.207. The van der Waals surface area contributed by atoms with Crippen LogP contribution in [-0.4, -0.2) is 39.4 Å². The van der Waals surface area contributed by atoms with Gasteiger partial charge in [-0.05, 0) is 29.8 Å². The van der Waals surface area contributed by atoms with Gasteiger partial charge in [0, 0.05) is 13.6 Å². The van der Waals surface area contributed by atoms with E-state index in [0.717, 1.165) is 25.9 Å². The van der Waals surface area contributed by atoms with E-state index >= 15 is 0 Å². The topological polar surface area (TPSA) is 64.9 Å². The highest BCUT2D eigenvalue weighted by molar-refractivity contribution is 4.88. The normalized spacial score (nSPS) is 23.0. The number of hydrogen-bond donors (Lipinski definition) is 1. The molecule has 0 aliphatic carbocycles. The Kier molecular flexibility index (Phi) is 2.40. The highest BCUT2D eigenvalue weighted by Gasteiger charge is 2.16. The summed E-state index contributed by atoms with van der Waals surface area (Å²) in [6.07, 6.45) is 2.42. The van der Waals surface area contributed by atoms with E-state index in [9.17, 15) is 0 Å². The molecule has 6 nitrogen and oxygen atoms in total. The van der Waals surface area contributed by atoms with Crippen LogP contribution in [-0.2, 0) is 7.05 Å². The first-order valence-corrected chi connectivity index (χ1v) is 4.46. The van der Waals surface area contributed by atoms with Gasteiger partial charge in [0.25, 0.3) is 0 Å². The first-order chi connectivity index (χ1) is 6.36. The molecule has 0 saturated carbocycles. The minimum absolute atomic E-state index is 0.207. The second kappa shape index (κ2) is 3.69.